The molecule has 24 heavy (non-hydrogen) atoms. The molecule has 0 fully saturated rings. The van der Waals surface area contributed by atoms with E-state index < -0.39 is 0 Å². The molecule has 0 atom stereocenters. The molecular formula is C17H17N3O2S2. The molecule has 0 bridgehead atoms. The van der Waals surface area contributed by atoms with Crippen LogP contribution in [0.1, 0.15) is 11.4 Å². The highest BCUT2D eigenvalue weighted by Gasteiger charge is 2.12. The van der Waals surface area contributed by atoms with Crippen molar-refractivity contribution in [3.05, 3.63) is 63.5 Å². The summed E-state index contributed by atoms with van der Waals surface area (Å²) in [5, 5.41) is 1.92. The van der Waals surface area contributed by atoms with E-state index in [4.69, 9.17) is 0 Å². The van der Waals surface area contributed by atoms with Gasteiger partial charge in [0.2, 0.25) is 5.91 Å². The molecule has 0 spiro atoms. The first-order chi connectivity index (χ1) is 11.6. The Bertz CT molecular complexity index is 918. The number of rotatable bonds is 5. The van der Waals surface area contributed by atoms with Gasteiger partial charge >= 0.3 is 0 Å². The second-order valence-corrected chi connectivity index (χ2v) is 7.18. The zero-order valence-corrected chi connectivity index (χ0v) is 15.1. The van der Waals surface area contributed by atoms with Gasteiger partial charge in [-0.1, -0.05) is 18.2 Å². The first-order valence-electron chi connectivity index (χ1n) is 7.42. The van der Waals surface area contributed by atoms with E-state index in [2.05, 4.69) is 4.98 Å². The van der Waals surface area contributed by atoms with Crippen molar-refractivity contribution in [2.24, 2.45) is 0 Å². The standard InChI is InChI=1S/C17H17N3O2S2/c1-12-9-24-17-18-13(8-15(21)20(12)17)10-23-11-16(22)19(2)14-6-4-3-5-7-14/h3-9H,10-11H2,1-2H3. The van der Waals surface area contributed by atoms with Gasteiger partial charge in [-0.15, -0.1) is 23.1 Å². The number of anilines is 1. The van der Waals surface area contributed by atoms with Gasteiger partial charge in [-0.3, -0.25) is 14.0 Å². The number of hydrogen-bond donors (Lipinski definition) is 0. The minimum atomic E-state index is -0.0675. The highest BCUT2D eigenvalue weighted by molar-refractivity contribution is 7.99. The number of nitrogens with zero attached hydrogens (tertiary/aromatic N) is 3. The van der Waals surface area contributed by atoms with E-state index in [1.165, 1.54) is 23.1 Å². The van der Waals surface area contributed by atoms with Crippen LogP contribution in [0.3, 0.4) is 0 Å². The van der Waals surface area contributed by atoms with Gasteiger partial charge in [-0.2, -0.15) is 0 Å². The Morgan fingerprint density at radius 3 is 2.83 bits per heavy atom. The summed E-state index contributed by atoms with van der Waals surface area (Å²) in [6.07, 6.45) is 0. The zero-order valence-electron chi connectivity index (χ0n) is 13.4. The van der Waals surface area contributed by atoms with Crippen molar-refractivity contribution in [2.45, 2.75) is 12.7 Å². The van der Waals surface area contributed by atoms with Crippen LogP contribution in [-0.4, -0.2) is 28.1 Å². The number of aromatic nitrogens is 2. The summed E-state index contributed by atoms with van der Waals surface area (Å²) in [7, 11) is 1.77. The largest absolute Gasteiger partial charge is 0.315 e. The van der Waals surface area contributed by atoms with Crippen LogP contribution in [0.2, 0.25) is 0 Å². The van der Waals surface area contributed by atoms with Gasteiger partial charge in [0.1, 0.15) is 0 Å². The second-order valence-electron chi connectivity index (χ2n) is 5.36. The summed E-state index contributed by atoms with van der Waals surface area (Å²) in [4.78, 5) is 31.2. The molecule has 2 aromatic heterocycles. The van der Waals surface area contributed by atoms with E-state index in [0.29, 0.717) is 22.2 Å². The van der Waals surface area contributed by atoms with Gasteiger partial charge in [0, 0.05) is 35.6 Å². The molecule has 0 aliphatic carbocycles. The second kappa shape index (κ2) is 7.19. The van der Waals surface area contributed by atoms with Crippen molar-refractivity contribution >= 4 is 39.7 Å². The molecule has 0 radical (unpaired) electrons. The minimum Gasteiger partial charge on any atom is -0.315 e. The van der Waals surface area contributed by atoms with Crippen molar-refractivity contribution in [2.75, 3.05) is 17.7 Å². The lowest BCUT2D eigenvalue weighted by Gasteiger charge is -2.16. The molecule has 3 rings (SSSR count). The van der Waals surface area contributed by atoms with Gasteiger partial charge in [-0.25, -0.2) is 4.98 Å². The molecule has 7 heteroatoms. The first-order valence-corrected chi connectivity index (χ1v) is 9.46. The Morgan fingerprint density at radius 1 is 1.33 bits per heavy atom. The summed E-state index contributed by atoms with van der Waals surface area (Å²) in [5.41, 5.74) is 2.41. The van der Waals surface area contributed by atoms with Gasteiger partial charge in [0.15, 0.2) is 4.96 Å². The summed E-state index contributed by atoms with van der Waals surface area (Å²) in [5.74, 6) is 0.906. The van der Waals surface area contributed by atoms with E-state index in [1.54, 1.807) is 22.4 Å². The lowest BCUT2D eigenvalue weighted by molar-refractivity contribution is -0.115. The highest BCUT2D eigenvalue weighted by Crippen LogP contribution is 2.17. The SMILES string of the molecule is Cc1csc2nc(CSCC(=O)N(C)c3ccccc3)cc(=O)n12. The summed E-state index contributed by atoms with van der Waals surface area (Å²) in [6, 6.07) is 11.1. The van der Waals surface area contributed by atoms with Crippen molar-refractivity contribution in [1.82, 2.24) is 9.38 Å². The lowest BCUT2D eigenvalue weighted by atomic mass is 10.3. The van der Waals surface area contributed by atoms with E-state index in [1.807, 2.05) is 42.6 Å². The highest BCUT2D eigenvalue weighted by atomic mass is 32.2. The molecule has 1 aromatic carbocycles. The Kier molecular flexibility index (Phi) is 5.01. The molecule has 0 aliphatic heterocycles. The molecule has 124 valence electrons. The van der Waals surface area contributed by atoms with Crippen LogP contribution in [-0.2, 0) is 10.5 Å². The lowest BCUT2D eigenvalue weighted by Crippen LogP contribution is -2.27. The Morgan fingerprint density at radius 2 is 2.08 bits per heavy atom. The van der Waals surface area contributed by atoms with Gasteiger partial charge < -0.3 is 4.90 Å². The molecule has 0 saturated heterocycles. The van der Waals surface area contributed by atoms with Crippen LogP contribution in [0.4, 0.5) is 5.69 Å². The third-order valence-electron chi connectivity index (χ3n) is 3.62. The average Bonchev–Trinajstić information content (AvgIpc) is 2.96. The van der Waals surface area contributed by atoms with Crippen LogP contribution in [0.5, 0.6) is 0 Å². The number of amides is 1. The number of thioether (sulfide) groups is 1. The van der Waals surface area contributed by atoms with Crippen molar-refractivity contribution in [1.29, 1.82) is 0 Å². The third kappa shape index (κ3) is 3.52. The number of para-hydroxylation sites is 1. The number of aryl methyl sites for hydroxylation is 1. The molecule has 2 heterocycles. The van der Waals surface area contributed by atoms with E-state index in [-0.39, 0.29) is 11.5 Å². The molecule has 3 aromatic rings. The average molecular weight is 359 g/mol. The number of carbonyl (C=O) groups excluding carboxylic acids is 1. The fourth-order valence-corrected chi connectivity index (χ4v) is 4.03. The zero-order chi connectivity index (χ0) is 17.1. The summed E-state index contributed by atoms with van der Waals surface area (Å²) >= 11 is 2.92. The topological polar surface area (TPSA) is 54.7 Å². The minimum absolute atomic E-state index is 0.0240. The summed E-state index contributed by atoms with van der Waals surface area (Å²) < 4.78 is 1.60. The van der Waals surface area contributed by atoms with Gasteiger partial charge in [-0.05, 0) is 19.1 Å². The van der Waals surface area contributed by atoms with Crippen LogP contribution in [0, 0.1) is 6.92 Å². The number of carbonyl (C=O) groups is 1. The van der Waals surface area contributed by atoms with Crippen LogP contribution >= 0.6 is 23.1 Å². The molecule has 0 aliphatic rings. The normalized spacial score (nSPS) is 10.9. The number of fused-ring (bicyclic) bond motifs is 1. The van der Waals surface area contributed by atoms with Crippen LogP contribution < -0.4 is 10.5 Å². The van der Waals surface area contributed by atoms with E-state index in [0.717, 1.165) is 11.4 Å². The molecule has 5 nitrogen and oxygen atoms in total. The Balaban J connectivity index is 1.62. The molecule has 0 N–H and O–H groups in total. The fraction of sp³-hybridized carbons (Fsp3) is 0.235. The predicted octanol–water partition coefficient (Wildman–Crippen LogP) is 2.96. The maximum Gasteiger partial charge on any atom is 0.258 e. The molecule has 0 saturated carbocycles. The number of thiazole rings is 1. The Hall–Kier alpha value is -2.12. The smallest absolute Gasteiger partial charge is 0.258 e. The first kappa shape index (κ1) is 16.7. The maximum absolute atomic E-state index is 12.2. The van der Waals surface area contributed by atoms with E-state index >= 15 is 0 Å². The number of hydrogen-bond acceptors (Lipinski definition) is 5. The monoisotopic (exact) mass is 359 g/mol. The van der Waals surface area contributed by atoms with Gasteiger partial charge in [0.05, 0.1) is 11.4 Å². The van der Waals surface area contributed by atoms with Crippen molar-refractivity contribution < 1.29 is 4.79 Å². The maximum atomic E-state index is 12.2. The fourth-order valence-electron chi connectivity index (χ4n) is 2.31. The number of benzene rings is 1. The quantitative estimate of drug-likeness (QED) is 0.703. The molecule has 0 unspecified atom stereocenters. The van der Waals surface area contributed by atoms with Crippen LogP contribution in [0.25, 0.3) is 4.96 Å². The van der Waals surface area contributed by atoms with Crippen molar-refractivity contribution in [3.63, 3.8) is 0 Å². The van der Waals surface area contributed by atoms with Gasteiger partial charge in [0.25, 0.3) is 5.56 Å². The Labute approximate surface area is 148 Å². The predicted molar refractivity (Wildman–Crippen MR) is 100 cm³/mol. The molecular weight excluding hydrogens is 342 g/mol. The van der Waals surface area contributed by atoms with E-state index in [9.17, 15) is 9.59 Å². The molecule has 1 amide bonds. The third-order valence-corrected chi connectivity index (χ3v) is 5.52. The summed E-state index contributed by atoms with van der Waals surface area (Å²) in [6.45, 7) is 1.89. The van der Waals surface area contributed by atoms with Crippen LogP contribution in [0.15, 0.2) is 46.6 Å². The van der Waals surface area contributed by atoms with Crippen molar-refractivity contribution in [3.8, 4) is 0 Å².